The first-order chi connectivity index (χ1) is 11.7. The largest absolute Gasteiger partial charge is 0.294 e. The highest BCUT2D eigenvalue weighted by Crippen LogP contribution is 2.29. The summed E-state index contributed by atoms with van der Waals surface area (Å²) in [5, 5.41) is 0. The first-order valence-electron chi connectivity index (χ1n) is 9.25. The first kappa shape index (κ1) is 17.1. The number of piperidine rings is 1. The van der Waals surface area contributed by atoms with Crippen molar-refractivity contribution in [3.8, 4) is 0 Å². The lowest BCUT2D eigenvalue weighted by Gasteiger charge is -2.37. The third-order valence-corrected chi connectivity index (χ3v) is 5.05. The molecule has 0 bridgehead atoms. The van der Waals surface area contributed by atoms with Gasteiger partial charge in [-0.2, -0.15) is 0 Å². The van der Waals surface area contributed by atoms with E-state index >= 15 is 0 Å². The van der Waals surface area contributed by atoms with Crippen LogP contribution in [0.1, 0.15) is 58.3 Å². The SMILES string of the molecule is CCC[C@@H](c1nc2cccnc2c(=O)n1CC)N1CCC[C@@H](C)C1. The van der Waals surface area contributed by atoms with E-state index < -0.39 is 0 Å². The van der Waals surface area contributed by atoms with Gasteiger partial charge in [0.25, 0.3) is 5.56 Å². The molecule has 3 heterocycles. The summed E-state index contributed by atoms with van der Waals surface area (Å²) in [4.78, 5) is 24.5. The van der Waals surface area contributed by atoms with Crippen molar-refractivity contribution in [2.24, 2.45) is 5.92 Å². The third kappa shape index (κ3) is 3.22. The molecule has 0 radical (unpaired) electrons. The normalized spacial score (nSPS) is 20.4. The van der Waals surface area contributed by atoms with E-state index in [2.05, 4.69) is 23.7 Å². The van der Waals surface area contributed by atoms with Crippen molar-refractivity contribution in [3.63, 3.8) is 0 Å². The lowest BCUT2D eigenvalue weighted by molar-refractivity contribution is 0.115. The van der Waals surface area contributed by atoms with Crippen LogP contribution < -0.4 is 5.56 Å². The zero-order valence-electron chi connectivity index (χ0n) is 15.0. The minimum Gasteiger partial charge on any atom is -0.294 e. The molecule has 0 saturated carbocycles. The molecule has 0 aliphatic carbocycles. The van der Waals surface area contributed by atoms with Crippen LogP contribution in [0.2, 0.25) is 0 Å². The molecule has 2 aromatic rings. The topological polar surface area (TPSA) is 51.0 Å². The Bertz CT molecular complexity index is 755. The average Bonchev–Trinajstić information content (AvgIpc) is 2.59. The Balaban J connectivity index is 2.11. The van der Waals surface area contributed by atoms with Gasteiger partial charge in [0.05, 0.1) is 11.6 Å². The molecule has 0 N–H and O–H groups in total. The van der Waals surface area contributed by atoms with Gasteiger partial charge in [-0.05, 0) is 50.8 Å². The van der Waals surface area contributed by atoms with Crippen molar-refractivity contribution >= 4 is 11.0 Å². The van der Waals surface area contributed by atoms with Crippen molar-refractivity contribution in [1.29, 1.82) is 0 Å². The molecule has 0 spiro atoms. The molecular weight excluding hydrogens is 300 g/mol. The summed E-state index contributed by atoms with van der Waals surface area (Å²) in [6.45, 7) is 9.37. The summed E-state index contributed by atoms with van der Waals surface area (Å²) in [5.41, 5.74) is 1.18. The summed E-state index contributed by atoms with van der Waals surface area (Å²) in [7, 11) is 0. The van der Waals surface area contributed by atoms with Gasteiger partial charge in [0.1, 0.15) is 5.82 Å². The molecule has 3 rings (SSSR count). The number of nitrogens with zero attached hydrogens (tertiary/aromatic N) is 4. The van der Waals surface area contributed by atoms with E-state index in [-0.39, 0.29) is 11.6 Å². The van der Waals surface area contributed by atoms with Gasteiger partial charge in [-0.3, -0.25) is 14.3 Å². The van der Waals surface area contributed by atoms with Crippen LogP contribution in [0, 0.1) is 5.92 Å². The van der Waals surface area contributed by atoms with Crippen LogP contribution in [-0.4, -0.2) is 32.5 Å². The minimum absolute atomic E-state index is 0.00994. The van der Waals surface area contributed by atoms with E-state index in [0.29, 0.717) is 23.5 Å². The fraction of sp³-hybridized carbons (Fsp3) is 0.632. The minimum atomic E-state index is -0.00994. The van der Waals surface area contributed by atoms with Gasteiger partial charge in [0.15, 0.2) is 5.52 Å². The molecule has 1 saturated heterocycles. The van der Waals surface area contributed by atoms with Gasteiger partial charge in [-0.25, -0.2) is 9.97 Å². The fourth-order valence-electron chi connectivity index (χ4n) is 3.88. The summed E-state index contributed by atoms with van der Waals surface area (Å²) < 4.78 is 1.83. The van der Waals surface area contributed by atoms with Gasteiger partial charge in [-0.15, -0.1) is 0 Å². The Morgan fingerprint density at radius 3 is 2.92 bits per heavy atom. The maximum Gasteiger partial charge on any atom is 0.280 e. The molecule has 0 aromatic carbocycles. The molecule has 0 amide bonds. The van der Waals surface area contributed by atoms with Gasteiger partial charge < -0.3 is 0 Å². The summed E-state index contributed by atoms with van der Waals surface area (Å²) in [6, 6.07) is 3.97. The molecule has 2 aromatic heterocycles. The molecule has 5 heteroatoms. The van der Waals surface area contributed by atoms with E-state index in [1.807, 2.05) is 23.6 Å². The van der Waals surface area contributed by atoms with Crippen LogP contribution in [0.4, 0.5) is 0 Å². The smallest absolute Gasteiger partial charge is 0.280 e. The van der Waals surface area contributed by atoms with Crippen LogP contribution in [-0.2, 0) is 6.54 Å². The maximum atomic E-state index is 12.9. The van der Waals surface area contributed by atoms with Gasteiger partial charge >= 0.3 is 0 Å². The molecular formula is C19H28N4O. The van der Waals surface area contributed by atoms with E-state index in [4.69, 9.17) is 4.98 Å². The van der Waals surface area contributed by atoms with Crippen molar-refractivity contribution in [3.05, 3.63) is 34.5 Å². The molecule has 2 atom stereocenters. The zero-order chi connectivity index (χ0) is 17.1. The third-order valence-electron chi connectivity index (χ3n) is 5.05. The first-order valence-corrected chi connectivity index (χ1v) is 9.25. The van der Waals surface area contributed by atoms with E-state index in [1.54, 1.807) is 6.20 Å². The van der Waals surface area contributed by atoms with Gasteiger partial charge in [0.2, 0.25) is 0 Å². The molecule has 1 aliphatic rings. The number of pyridine rings is 1. The van der Waals surface area contributed by atoms with Crippen molar-refractivity contribution in [2.45, 2.75) is 59.0 Å². The second kappa shape index (κ2) is 7.43. The Hall–Kier alpha value is -1.75. The predicted octanol–water partition coefficient (Wildman–Crippen LogP) is 3.38. The van der Waals surface area contributed by atoms with E-state index in [1.165, 1.54) is 12.8 Å². The van der Waals surface area contributed by atoms with Crippen LogP contribution in [0.5, 0.6) is 0 Å². The monoisotopic (exact) mass is 328 g/mol. The Kier molecular flexibility index (Phi) is 5.29. The lowest BCUT2D eigenvalue weighted by atomic mass is 9.97. The molecule has 5 nitrogen and oxygen atoms in total. The number of fused-ring (bicyclic) bond motifs is 1. The number of hydrogen-bond donors (Lipinski definition) is 0. The Morgan fingerprint density at radius 1 is 1.38 bits per heavy atom. The fourth-order valence-corrected chi connectivity index (χ4v) is 3.88. The zero-order valence-corrected chi connectivity index (χ0v) is 15.0. The highest BCUT2D eigenvalue weighted by Gasteiger charge is 2.28. The summed E-state index contributed by atoms with van der Waals surface area (Å²) in [5.74, 6) is 1.63. The average molecular weight is 328 g/mol. The standard InChI is InChI=1S/C19H28N4O/c1-4-8-16(22-12-7-9-14(3)13-22)18-21-15-10-6-11-20-17(15)19(24)23(18)5-2/h6,10-11,14,16H,4-5,7-9,12-13H2,1-3H3/t14-,16+/m1/s1. The Morgan fingerprint density at radius 2 is 2.21 bits per heavy atom. The molecule has 1 aliphatic heterocycles. The van der Waals surface area contributed by atoms with Crippen LogP contribution in [0.25, 0.3) is 11.0 Å². The molecule has 24 heavy (non-hydrogen) atoms. The van der Waals surface area contributed by atoms with E-state index in [9.17, 15) is 4.79 Å². The molecule has 0 unspecified atom stereocenters. The number of aromatic nitrogens is 3. The summed E-state index contributed by atoms with van der Waals surface area (Å²) in [6.07, 6.45) is 6.31. The summed E-state index contributed by atoms with van der Waals surface area (Å²) >= 11 is 0. The van der Waals surface area contributed by atoms with Crippen molar-refractivity contribution in [1.82, 2.24) is 19.4 Å². The van der Waals surface area contributed by atoms with Crippen molar-refractivity contribution < 1.29 is 0 Å². The quantitative estimate of drug-likeness (QED) is 0.844. The highest BCUT2D eigenvalue weighted by atomic mass is 16.1. The number of hydrogen-bond acceptors (Lipinski definition) is 4. The van der Waals surface area contributed by atoms with Gasteiger partial charge in [-0.1, -0.05) is 20.3 Å². The second-order valence-electron chi connectivity index (χ2n) is 6.94. The molecule has 130 valence electrons. The van der Waals surface area contributed by atoms with Crippen LogP contribution in [0.15, 0.2) is 23.1 Å². The predicted molar refractivity (Wildman–Crippen MR) is 97.1 cm³/mol. The van der Waals surface area contributed by atoms with Crippen molar-refractivity contribution in [2.75, 3.05) is 13.1 Å². The highest BCUT2D eigenvalue weighted by molar-refractivity contribution is 5.72. The van der Waals surface area contributed by atoms with Crippen LogP contribution >= 0.6 is 0 Å². The van der Waals surface area contributed by atoms with Crippen LogP contribution in [0.3, 0.4) is 0 Å². The second-order valence-corrected chi connectivity index (χ2v) is 6.94. The van der Waals surface area contributed by atoms with E-state index in [0.717, 1.165) is 31.8 Å². The Labute approximate surface area is 143 Å². The van der Waals surface area contributed by atoms with Gasteiger partial charge in [0, 0.05) is 19.3 Å². The lowest BCUT2D eigenvalue weighted by Crippen LogP contribution is -2.40. The maximum absolute atomic E-state index is 12.9. The molecule has 1 fully saturated rings. The number of rotatable bonds is 5. The number of likely N-dealkylation sites (tertiary alicyclic amines) is 1.